The van der Waals surface area contributed by atoms with E-state index in [-0.39, 0.29) is 0 Å². The molecule has 2 rings (SSSR count). The average Bonchev–Trinajstić information content (AvgIpc) is 2.43. The Morgan fingerprint density at radius 1 is 0.810 bits per heavy atom. The van der Waals surface area contributed by atoms with E-state index in [1.54, 1.807) is 0 Å². The van der Waals surface area contributed by atoms with Gasteiger partial charge in [-0.1, -0.05) is 40.2 Å². The molecule has 0 aromatic heterocycles. The molecule has 1 N–H and O–H groups in total. The molecule has 0 aliphatic heterocycles. The van der Waals surface area contributed by atoms with Gasteiger partial charge in [-0.3, -0.25) is 0 Å². The lowest BCUT2D eigenvalue weighted by Gasteiger charge is -2.23. The first kappa shape index (κ1) is 16.3. The minimum atomic E-state index is 0.328. The molecule has 0 amide bonds. The van der Waals surface area contributed by atoms with E-state index in [0.717, 1.165) is 4.47 Å². The van der Waals surface area contributed by atoms with Gasteiger partial charge in [-0.05, 0) is 74.6 Å². The molecule has 2 aromatic carbocycles. The van der Waals surface area contributed by atoms with Crippen LogP contribution in [0, 0.1) is 20.8 Å². The van der Waals surface area contributed by atoms with Gasteiger partial charge in [0.1, 0.15) is 0 Å². The molecular weight excluding hydrogens is 322 g/mol. The molecule has 2 aromatic rings. The molecule has 0 saturated heterocycles. The van der Waals surface area contributed by atoms with Crippen LogP contribution < -0.4 is 5.32 Å². The first-order valence-corrected chi connectivity index (χ1v) is 8.27. The molecule has 0 aliphatic rings. The number of hydrogen-bond acceptors (Lipinski definition) is 1. The van der Waals surface area contributed by atoms with E-state index in [2.05, 4.69) is 92.3 Å². The van der Waals surface area contributed by atoms with Crippen LogP contribution in [0.5, 0.6) is 0 Å². The van der Waals surface area contributed by atoms with Crippen molar-refractivity contribution in [3.8, 4) is 0 Å². The number of nitrogens with one attached hydrogen (secondary N) is 1. The fraction of sp³-hybridized carbons (Fsp3) is 0.368. The Hall–Kier alpha value is -1.12. The van der Waals surface area contributed by atoms with E-state index in [1.807, 2.05) is 0 Å². The van der Waals surface area contributed by atoms with E-state index in [1.165, 1.54) is 27.8 Å². The number of halogens is 1. The Morgan fingerprint density at radius 3 is 2.00 bits per heavy atom. The van der Waals surface area contributed by atoms with Gasteiger partial charge in [-0.25, -0.2) is 0 Å². The van der Waals surface area contributed by atoms with Gasteiger partial charge >= 0.3 is 0 Å². The van der Waals surface area contributed by atoms with E-state index >= 15 is 0 Å². The molecule has 2 unspecified atom stereocenters. The molecule has 21 heavy (non-hydrogen) atoms. The Balaban J connectivity index is 2.15. The Kier molecular flexibility index (Phi) is 5.23. The van der Waals surface area contributed by atoms with Crippen molar-refractivity contribution in [1.82, 2.24) is 5.32 Å². The number of benzene rings is 2. The van der Waals surface area contributed by atoms with Gasteiger partial charge in [0.2, 0.25) is 0 Å². The topological polar surface area (TPSA) is 12.0 Å². The van der Waals surface area contributed by atoms with Gasteiger partial charge in [0.15, 0.2) is 0 Å². The third-order valence-corrected chi connectivity index (χ3v) is 4.75. The number of rotatable bonds is 4. The van der Waals surface area contributed by atoms with Crippen molar-refractivity contribution in [2.75, 3.05) is 0 Å². The molecule has 0 aliphatic carbocycles. The van der Waals surface area contributed by atoms with Gasteiger partial charge in [-0.15, -0.1) is 0 Å². The van der Waals surface area contributed by atoms with Gasteiger partial charge in [0.25, 0.3) is 0 Å². The lowest BCUT2D eigenvalue weighted by atomic mass is 9.95. The third kappa shape index (κ3) is 3.96. The highest BCUT2D eigenvalue weighted by molar-refractivity contribution is 9.10. The Morgan fingerprint density at radius 2 is 1.38 bits per heavy atom. The molecule has 112 valence electrons. The normalized spacial score (nSPS) is 14.0. The predicted molar refractivity (Wildman–Crippen MR) is 94.8 cm³/mol. The van der Waals surface area contributed by atoms with Crippen molar-refractivity contribution in [3.63, 3.8) is 0 Å². The number of aryl methyl sites for hydroxylation is 3. The Labute approximate surface area is 136 Å². The lowest BCUT2D eigenvalue weighted by Crippen LogP contribution is -2.23. The van der Waals surface area contributed by atoms with Crippen LogP contribution in [0.4, 0.5) is 0 Å². The Bertz CT molecular complexity index is 616. The van der Waals surface area contributed by atoms with Crippen LogP contribution in [-0.4, -0.2) is 0 Å². The van der Waals surface area contributed by atoms with Gasteiger partial charge in [-0.2, -0.15) is 0 Å². The molecule has 0 spiro atoms. The zero-order valence-electron chi connectivity index (χ0n) is 13.5. The second-order valence-corrected chi connectivity index (χ2v) is 6.87. The van der Waals surface area contributed by atoms with Crippen LogP contribution in [0.25, 0.3) is 0 Å². The van der Waals surface area contributed by atoms with Crippen LogP contribution >= 0.6 is 15.9 Å². The van der Waals surface area contributed by atoms with Crippen molar-refractivity contribution < 1.29 is 0 Å². The second kappa shape index (κ2) is 6.76. The molecule has 2 atom stereocenters. The van der Waals surface area contributed by atoms with E-state index in [4.69, 9.17) is 0 Å². The predicted octanol–water partition coefficient (Wildman–Crippen LogP) is 5.79. The summed E-state index contributed by atoms with van der Waals surface area (Å²) in [6.45, 7) is 11.0. The monoisotopic (exact) mass is 345 g/mol. The fourth-order valence-electron chi connectivity index (χ4n) is 2.76. The molecule has 1 nitrogen and oxygen atoms in total. The van der Waals surface area contributed by atoms with Crippen molar-refractivity contribution >= 4 is 15.9 Å². The first-order valence-electron chi connectivity index (χ1n) is 7.47. The van der Waals surface area contributed by atoms with E-state index in [9.17, 15) is 0 Å². The molecule has 0 radical (unpaired) electrons. The van der Waals surface area contributed by atoms with E-state index in [0.29, 0.717) is 12.1 Å². The summed E-state index contributed by atoms with van der Waals surface area (Å²) in [5.41, 5.74) is 6.79. The first-order chi connectivity index (χ1) is 9.88. The van der Waals surface area contributed by atoms with Crippen molar-refractivity contribution in [2.24, 2.45) is 0 Å². The van der Waals surface area contributed by atoms with Crippen LogP contribution in [0.1, 0.15) is 53.7 Å². The van der Waals surface area contributed by atoms with Crippen LogP contribution in [0.2, 0.25) is 0 Å². The average molecular weight is 346 g/mol. The molecular formula is C19H24BrN. The summed E-state index contributed by atoms with van der Waals surface area (Å²) >= 11 is 3.49. The van der Waals surface area contributed by atoms with Crippen LogP contribution in [0.3, 0.4) is 0 Å². The molecule has 0 fully saturated rings. The smallest absolute Gasteiger partial charge is 0.0300 e. The highest BCUT2D eigenvalue weighted by Gasteiger charge is 2.13. The van der Waals surface area contributed by atoms with Gasteiger partial charge < -0.3 is 5.32 Å². The zero-order valence-corrected chi connectivity index (χ0v) is 15.1. The zero-order chi connectivity index (χ0) is 15.6. The maximum Gasteiger partial charge on any atom is 0.0300 e. The maximum absolute atomic E-state index is 3.70. The van der Waals surface area contributed by atoms with E-state index < -0.39 is 0 Å². The maximum atomic E-state index is 3.70. The summed E-state index contributed by atoms with van der Waals surface area (Å²) in [5, 5.41) is 3.70. The second-order valence-electron chi connectivity index (χ2n) is 5.95. The lowest BCUT2D eigenvalue weighted by molar-refractivity contribution is 0.493. The van der Waals surface area contributed by atoms with Gasteiger partial charge in [0.05, 0.1) is 0 Å². The minimum absolute atomic E-state index is 0.328. The van der Waals surface area contributed by atoms with Crippen LogP contribution in [-0.2, 0) is 0 Å². The van der Waals surface area contributed by atoms with Crippen molar-refractivity contribution in [3.05, 3.63) is 68.7 Å². The summed E-state index contributed by atoms with van der Waals surface area (Å²) in [6, 6.07) is 13.8. The summed E-state index contributed by atoms with van der Waals surface area (Å²) in [5.74, 6) is 0. The van der Waals surface area contributed by atoms with Crippen molar-refractivity contribution in [2.45, 2.75) is 46.7 Å². The summed E-state index contributed by atoms with van der Waals surface area (Å²) in [4.78, 5) is 0. The summed E-state index contributed by atoms with van der Waals surface area (Å²) < 4.78 is 1.12. The molecule has 0 bridgehead atoms. The summed E-state index contributed by atoms with van der Waals surface area (Å²) in [7, 11) is 0. The quantitative estimate of drug-likeness (QED) is 0.739. The SMILES string of the molecule is Cc1cc(C)c(C(C)NC(C)c2ccc(Br)cc2)cc1C. The molecule has 0 saturated carbocycles. The summed E-state index contributed by atoms with van der Waals surface area (Å²) in [6.07, 6.45) is 0. The van der Waals surface area contributed by atoms with Crippen LogP contribution in [0.15, 0.2) is 40.9 Å². The van der Waals surface area contributed by atoms with Crippen molar-refractivity contribution in [1.29, 1.82) is 0 Å². The molecule has 0 heterocycles. The molecule has 2 heteroatoms. The number of hydrogen-bond donors (Lipinski definition) is 1. The largest absolute Gasteiger partial charge is 0.304 e. The standard InChI is InChI=1S/C19H24BrN/c1-12-10-14(3)19(11-13(12)2)16(5)21-15(4)17-6-8-18(20)9-7-17/h6-11,15-16,21H,1-5H3. The highest BCUT2D eigenvalue weighted by Crippen LogP contribution is 2.25. The van der Waals surface area contributed by atoms with Gasteiger partial charge in [0, 0.05) is 16.6 Å². The third-order valence-electron chi connectivity index (χ3n) is 4.22. The fourth-order valence-corrected chi connectivity index (χ4v) is 3.03. The highest BCUT2D eigenvalue weighted by atomic mass is 79.9. The minimum Gasteiger partial charge on any atom is -0.304 e.